The highest BCUT2D eigenvalue weighted by molar-refractivity contribution is 7.89. The van der Waals surface area contributed by atoms with Gasteiger partial charge in [0.25, 0.3) is 5.91 Å². The van der Waals surface area contributed by atoms with Gasteiger partial charge in [-0.3, -0.25) is 4.79 Å². The van der Waals surface area contributed by atoms with Crippen LogP contribution < -0.4 is 15.4 Å². The van der Waals surface area contributed by atoms with Crippen molar-refractivity contribution in [2.45, 2.75) is 9.79 Å². The molecule has 3 N–H and O–H groups in total. The van der Waals surface area contributed by atoms with Gasteiger partial charge in [-0.2, -0.15) is 4.31 Å². The molecule has 3 aromatic carbocycles. The van der Waals surface area contributed by atoms with E-state index in [2.05, 4.69) is 5.32 Å². The largest absolute Gasteiger partial charge is 0.369 e. The number of anilines is 2. The molecule has 0 aliphatic carbocycles. The first kappa shape index (κ1) is 26.4. The molecule has 0 spiro atoms. The molecule has 1 amide bonds. The molecule has 1 aliphatic rings. The van der Waals surface area contributed by atoms with E-state index >= 15 is 0 Å². The van der Waals surface area contributed by atoms with E-state index in [1.807, 2.05) is 4.90 Å². The average Bonchev–Trinajstić information content (AvgIpc) is 2.83. The maximum atomic E-state index is 13.1. The Labute approximate surface area is 219 Å². The zero-order valence-electron chi connectivity index (χ0n) is 18.8. The summed E-state index contributed by atoms with van der Waals surface area (Å²) in [7, 11) is -7.70. The van der Waals surface area contributed by atoms with Gasteiger partial charge in [-0.25, -0.2) is 22.0 Å². The van der Waals surface area contributed by atoms with Crippen molar-refractivity contribution in [3.8, 4) is 0 Å². The van der Waals surface area contributed by atoms with Crippen molar-refractivity contribution in [1.29, 1.82) is 0 Å². The van der Waals surface area contributed by atoms with Gasteiger partial charge in [0.1, 0.15) is 0 Å². The average molecular weight is 569 g/mol. The topological polar surface area (TPSA) is 130 Å². The number of hydrogen-bond donors (Lipinski definition) is 2. The standard InChI is InChI=1S/C23H22Cl2N4O5S2/c24-17-13-18(25)15-20(14-17)28-8-10-29(11-9-28)36(33,34)21-6-4-19(5-7-21)27-23(30)16-2-1-3-22(12-16)35(26,31)32/h1-7,12-15H,8-11H2,(H,27,30)(H2,26,31,32). The summed E-state index contributed by atoms with van der Waals surface area (Å²) in [4.78, 5) is 14.4. The van der Waals surface area contributed by atoms with E-state index in [0.717, 1.165) is 5.69 Å². The summed E-state index contributed by atoms with van der Waals surface area (Å²) in [5.74, 6) is -0.562. The van der Waals surface area contributed by atoms with Crippen molar-refractivity contribution < 1.29 is 21.6 Å². The third-order valence-corrected chi connectivity index (χ3v) is 8.89. The molecule has 1 fully saturated rings. The second-order valence-electron chi connectivity index (χ2n) is 8.07. The van der Waals surface area contributed by atoms with E-state index in [1.165, 1.54) is 52.8 Å². The highest BCUT2D eigenvalue weighted by Crippen LogP contribution is 2.27. The lowest BCUT2D eigenvalue weighted by Gasteiger charge is -2.35. The molecule has 4 rings (SSSR count). The number of nitrogens with two attached hydrogens (primary N) is 1. The zero-order valence-corrected chi connectivity index (χ0v) is 21.9. The Balaban J connectivity index is 1.42. The number of hydrogen-bond acceptors (Lipinski definition) is 6. The van der Waals surface area contributed by atoms with E-state index in [1.54, 1.807) is 18.2 Å². The van der Waals surface area contributed by atoms with Crippen LogP contribution in [-0.4, -0.2) is 53.2 Å². The second kappa shape index (κ2) is 10.4. The van der Waals surface area contributed by atoms with Crippen LogP contribution >= 0.6 is 23.2 Å². The summed E-state index contributed by atoms with van der Waals surface area (Å²) in [6.07, 6.45) is 0. The minimum atomic E-state index is -3.95. The number of primary sulfonamides is 1. The Morgan fingerprint density at radius 1 is 0.806 bits per heavy atom. The number of sulfonamides is 2. The van der Waals surface area contributed by atoms with Crippen LogP contribution in [0.5, 0.6) is 0 Å². The first-order valence-electron chi connectivity index (χ1n) is 10.7. The number of nitrogens with zero attached hydrogens (tertiary/aromatic N) is 2. The normalized spacial score (nSPS) is 15.0. The van der Waals surface area contributed by atoms with Crippen LogP contribution in [0.25, 0.3) is 0 Å². The molecular weight excluding hydrogens is 547 g/mol. The predicted molar refractivity (Wildman–Crippen MR) is 140 cm³/mol. The van der Waals surface area contributed by atoms with Crippen LogP contribution in [0.1, 0.15) is 10.4 Å². The third-order valence-electron chi connectivity index (χ3n) is 5.63. The van der Waals surface area contributed by atoms with E-state index in [4.69, 9.17) is 28.3 Å². The van der Waals surface area contributed by atoms with Gasteiger partial charge in [-0.15, -0.1) is 0 Å². The fourth-order valence-corrected chi connectivity index (χ4v) is 6.28. The van der Waals surface area contributed by atoms with Gasteiger partial charge in [-0.1, -0.05) is 29.3 Å². The SMILES string of the molecule is NS(=O)(=O)c1cccc(C(=O)Nc2ccc(S(=O)(=O)N3CCN(c4cc(Cl)cc(Cl)c4)CC3)cc2)c1. The molecule has 0 bridgehead atoms. The minimum absolute atomic E-state index is 0.0935. The summed E-state index contributed by atoms with van der Waals surface area (Å²) in [5.41, 5.74) is 1.28. The Bertz CT molecular complexity index is 1490. The van der Waals surface area contributed by atoms with Crippen molar-refractivity contribution in [2.24, 2.45) is 5.14 Å². The lowest BCUT2D eigenvalue weighted by molar-refractivity contribution is 0.102. The summed E-state index contributed by atoms with van der Waals surface area (Å²) < 4.78 is 50.7. The second-order valence-corrected chi connectivity index (χ2v) is 12.4. The maximum absolute atomic E-state index is 13.1. The lowest BCUT2D eigenvalue weighted by Crippen LogP contribution is -2.48. The molecule has 1 aliphatic heterocycles. The number of piperazine rings is 1. The Hall–Kier alpha value is -2.67. The first-order valence-corrected chi connectivity index (χ1v) is 14.4. The first-order chi connectivity index (χ1) is 16.9. The quantitative estimate of drug-likeness (QED) is 0.468. The molecule has 36 heavy (non-hydrogen) atoms. The van der Waals surface area contributed by atoms with Crippen LogP contribution in [0, 0.1) is 0 Å². The predicted octanol–water partition coefficient (Wildman–Crippen LogP) is 3.40. The van der Waals surface area contributed by atoms with Gasteiger partial charge >= 0.3 is 0 Å². The maximum Gasteiger partial charge on any atom is 0.255 e. The third kappa shape index (κ3) is 6.00. The molecule has 190 valence electrons. The smallest absolute Gasteiger partial charge is 0.255 e. The van der Waals surface area contributed by atoms with Crippen molar-refractivity contribution >= 4 is 60.5 Å². The number of nitrogens with one attached hydrogen (secondary N) is 1. The number of amides is 1. The van der Waals surface area contributed by atoms with Crippen molar-refractivity contribution in [2.75, 3.05) is 36.4 Å². The molecule has 0 atom stereocenters. The van der Waals surface area contributed by atoms with Crippen LogP contribution in [0.2, 0.25) is 10.0 Å². The summed E-state index contributed by atoms with van der Waals surface area (Å²) in [6, 6.07) is 16.3. The monoisotopic (exact) mass is 568 g/mol. The van der Waals surface area contributed by atoms with E-state index < -0.39 is 26.0 Å². The number of carbonyl (C=O) groups excluding carboxylic acids is 1. The van der Waals surface area contributed by atoms with Gasteiger partial charge in [0, 0.05) is 53.2 Å². The van der Waals surface area contributed by atoms with Gasteiger partial charge < -0.3 is 10.2 Å². The van der Waals surface area contributed by atoms with Crippen LogP contribution in [0.15, 0.2) is 76.5 Å². The molecule has 0 aromatic heterocycles. The zero-order chi connectivity index (χ0) is 26.1. The van der Waals surface area contributed by atoms with Gasteiger partial charge in [0.2, 0.25) is 20.0 Å². The van der Waals surface area contributed by atoms with Crippen LogP contribution in [0.3, 0.4) is 0 Å². The number of rotatable bonds is 6. The summed E-state index contributed by atoms with van der Waals surface area (Å²) >= 11 is 12.2. The van der Waals surface area contributed by atoms with Gasteiger partial charge in [0.15, 0.2) is 0 Å². The summed E-state index contributed by atoms with van der Waals surface area (Å²) in [6.45, 7) is 1.51. The van der Waals surface area contributed by atoms with E-state index in [-0.39, 0.29) is 28.4 Å². The van der Waals surface area contributed by atoms with E-state index in [9.17, 15) is 21.6 Å². The Morgan fingerprint density at radius 3 is 2.00 bits per heavy atom. The summed E-state index contributed by atoms with van der Waals surface area (Å²) in [5, 5.41) is 8.75. The fraction of sp³-hybridized carbons (Fsp3) is 0.174. The van der Waals surface area contributed by atoms with Crippen molar-refractivity contribution in [3.63, 3.8) is 0 Å². The molecule has 9 nitrogen and oxygen atoms in total. The molecule has 13 heteroatoms. The fourth-order valence-electron chi connectivity index (χ4n) is 3.79. The molecule has 0 unspecified atom stereocenters. The Kier molecular flexibility index (Phi) is 7.60. The molecule has 3 aromatic rings. The molecule has 0 radical (unpaired) electrons. The van der Waals surface area contributed by atoms with Gasteiger partial charge in [0.05, 0.1) is 9.79 Å². The van der Waals surface area contributed by atoms with Crippen molar-refractivity contribution in [3.05, 3.63) is 82.3 Å². The van der Waals surface area contributed by atoms with E-state index in [0.29, 0.717) is 28.8 Å². The molecular formula is C23H22Cl2N4O5S2. The van der Waals surface area contributed by atoms with Crippen LogP contribution in [-0.2, 0) is 20.0 Å². The molecule has 1 heterocycles. The van der Waals surface area contributed by atoms with Crippen molar-refractivity contribution in [1.82, 2.24) is 4.31 Å². The number of carbonyl (C=O) groups is 1. The Morgan fingerprint density at radius 2 is 1.42 bits per heavy atom. The lowest BCUT2D eigenvalue weighted by atomic mass is 10.2. The highest BCUT2D eigenvalue weighted by atomic mass is 35.5. The number of benzene rings is 3. The van der Waals surface area contributed by atoms with Gasteiger partial charge in [-0.05, 0) is 60.7 Å². The highest BCUT2D eigenvalue weighted by Gasteiger charge is 2.29. The molecule has 0 saturated carbocycles. The number of halogens is 2. The van der Waals surface area contributed by atoms with Crippen LogP contribution in [0.4, 0.5) is 11.4 Å². The minimum Gasteiger partial charge on any atom is -0.369 e. The molecule has 1 saturated heterocycles.